The minimum Gasteiger partial charge on any atom is -0.507 e. The molecule has 0 radical (unpaired) electrons. The van der Waals surface area contributed by atoms with Gasteiger partial charge in [-0.05, 0) is 37.0 Å². The van der Waals surface area contributed by atoms with Crippen molar-refractivity contribution in [1.82, 2.24) is 30.3 Å². The second-order valence-electron chi connectivity index (χ2n) is 8.23. The molecule has 2 bridgehead atoms. The first-order chi connectivity index (χ1) is 14.5. The summed E-state index contributed by atoms with van der Waals surface area (Å²) < 4.78 is 15.7. The Morgan fingerprint density at radius 2 is 2.03 bits per heavy atom. The van der Waals surface area contributed by atoms with E-state index in [-0.39, 0.29) is 23.9 Å². The molecule has 0 aliphatic carbocycles. The molecule has 0 saturated carbocycles. The number of nitrogens with one attached hydrogen (secondary N) is 1. The Bertz CT molecular complexity index is 1050. The summed E-state index contributed by atoms with van der Waals surface area (Å²) in [6.45, 7) is 0. The summed E-state index contributed by atoms with van der Waals surface area (Å²) in [4.78, 5) is 6.46. The number of phenolic OH excluding ortho intramolecular Hbond substituents is 1. The van der Waals surface area contributed by atoms with Crippen molar-refractivity contribution in [3.8, 4) is 28.3 Å². The molecule has 0 spiro atoms. The summed E-state index contributed by atoms with van der Waals surface area (Å²) in [5.41, 5.74) is 2.30. The largest absolute Gasteiger partial charge is 0.507 e. The Morgan fingerprint density at radius 3 is 2.70 bits per heavy atom. The smallest absolute Gasteiger partial charge is 0.185 e. The molecule has 30 heavy (non-hydrogen) atoms. The normalized spacial score (nSPS) is 25.4. The zero-order valence-corrected chi connectivity index (χ0v) is 16.9. The minimum absolute atomic E-state index is 0.0772. The standard InChI is InChI=1S/C21H24FN7O/c1-28-11-13(9-24-28)12-3-4-16(19(30)5-12)21-23-10-20(26-27-21)29(2)15-6-14-7-17(22)18(8-15)25-14/h3-5,9-11,14-15,17-18,25,30H,6-8H2,1-2H3/t14-,15-,17+,18-/m1/s1. The van der Waals surface area contributed by atoms with Gasteiger partial charge in [0.2, 0.25) is 0 Å². The van der Waals surface area contributed by atoms with Gasteiger partial charge >= 0.3 is 0 Å². The lowest BCUT2D eigenvalue weighted by Gasteiger charge is -2.35. The fourth-order valence-electron chi connectivity index (χ4n) is 4.54. The van der Waals surface area contributed by atoms with Crippen LogP contribution in [0.2, 0.25) is 0 Å². The molecule has 2 fully saturated rings. The van der Waals surface area contributed by atoms with Crippen LogP contribution < -0.4 is 10.2 Å². The Balaban J connectivity index is 1.33. The number of hydrogen-bond donors (Lipinski definition) is 2. The van der Waals surface area contributed by atoms with Gasteiger partial charge in [0.25, 0.3) is 0 Å². The lowest BCUT2D eigenvalue weighted by atomic mass is 9.98. The van der Waals surface area contributed by atoms with E-state index in [4.69, 9.17) is 0 Å². The van der Waals surface area contributed by atoms with E-state index in [2.05, 4.69) is 25.6 Å². The van der Waals surface area contributed by atoms with Crippen molar-refractivity contribution in [3.63, 3.8) is 0 Å². The van der Waals surface area contributed by atoms with Crippen LogP contribution in [0.3, 0.4) is 0 Å². The second kappa shape index (κ2) is 7.32. The molecule has 1 aromatic carbocycles. The topological polar surface area (TPSA) is 92.0 Å². The first kappa shape index (κ1) is 18.9. The predicted molar refractivity (Wildman–Crippen MR) is 111 cm³/mol. The minimum atomic E-state index is -0.766. The van der Waals surface area contributed by atoms with Gasteiger partial charge in [0.1, 0.15) is 11.9 Å². The third-order valence-electron chi connectivity index (χ3n) is 6.21. The van der Waals surface area contributed by atoms with E-state index in [1.807, 2.05) is 31.3 Å². The SMILES string of the molecule is CN(c1cnc(-c2ccc(-c3cnn(C)c3)cc2O)nn1)[C@@H]1C[C@@H]2C[C@H](F)[C@@H](C1)N2. The van der Waals surface area contributed by atoms with Crippen molar-refractivity contribution >= 4 is 5.82 Å². The van der Waals surface area contributed by atoms with Crippen LogP contribution in [0.25, 0.3) is 22.5 Å². The Labute approximate surface area is 173 Å². The van der Waals surface area contributed by atoms with E-state index in [0.29, 0.717) is 23.6 Å². The van der Waals surface area contributed by atoms with Gasteiger partial charge in [-0.25, -0.2) is 9.37 Å². The average molecular weight is 409 g/mol. The molecule has 2 saturated heterocycles. The van der Waals surface area contributed by atoms with E-state index in [9.17, 15) is 9.50 Å². The molecular formula is C21H24FN7O. The summed E-state index contributed by atoms with van der Waals surface area (Å²) in [7, 11) is 3.80. The zero-order valence-electron chi connectivity index (χ0n) is 16.9. The van der Waals surface area contributed by atoms with Crippen molar-refractivity contribution in [2.24, 2.45) is 7.05 Å². The highest BCUT2D eigenvalue weighted by atomic mass is 19.1. The number of aromatic nitrogens is 5. The van der Waals surface area contributed by atoms with Crippen LogP contribution in [0.15, 0.2) is 36.8 Å². The van der Waals surface area contributed by atoms with Crippen molar-refractivity contribution in [2.45, 2.75) is 43.6 Å². The van der Waals surface area contributed by atoms with Crippen molar-refractivity contribution < 1.29 is 9.50 Å². The van der Waals surface area contributed by atoms with Crippen LogP contribution in [0.4, 0.5) is 10.2 Å². The maximum absolute atomic E-state index is 14.0. The molecule has 2 aliphatic rings. The molecule has 4 atom stereocenters. The molecule has 8 nitrogen and oxygen atoms in total. The third-order valence-corrected chi connectivity index (χ3v) is 6.21. The summed E-state index contributed by atoms with van der Waals surface area (Å²) in [6, 6.07) is 5.70. The van der Waals surface area contributed by atoms with Gasteiger partial charge in [-0.1, -0.05) is 6.07 Å². The van der Waals surface area contributed by atoms with Gasteiger partial charge in [0.05, 0.1) is 18.0 Å². The molecule has 4 heterocycles. The van der Waals surface area contributed by atoms with Gasteiger partial charge in [-0.2, -0.15) is 5.10 Å². The van der Waals surface area contributed by atoms with Crippen molar-refractivity contribution in [1.29, 1.82) is 0 Å². The quantitative estimate of drug-likeness (QED) is 0.683. The lowest BCUT2D eigenvalue weighted by Crippen LogP contribution is -2.48. The molecule has 2 aromatic heterocycles. The van der Waals surface area contributed by atoms with Crippen LogP contribution in [-0.2, 0) is 7.05 Å². The Morgan fingerprint density at radius 1 is 1.17 bits per heavy atom. The molecule has 5 rings (SSSR count). The van der Waals surface area contributed by atoms with Crippen molar-refractivity contribution in [2.75, 3.05) is 11.9 Å². The lowest BCUT2D eigenvalue weighted by molar-refractivity contribution is 0.274. The van der Waals surface area contributed by atoms with E-state index in [1.165, 1.54) is 0 Å². The molecule has 156 valence electrons. The number of halogens is 1. The van der Waals surface area contributed by atoms with E-state index in [1.54, 1.807) is 29.2 Å². The monoisotopic (exact) mass is 409 g/mol. The summed E-state index contributed by atoms with van der Waals surface area (Å²) in [5.74, 6) is 1.09. The summed E-state index contributed by atoms with van der Waals surface area (Å²) in [6.07, 6.45) is 6.74. The highest BCUT2D eigenvalue weighted by Crippen LogP contribution is 2.34. The van der Waals surface area contributed by atoms with Crippen LogP contribution in [-0.4, -0.2) is 61.4 Å². The second-order valence-corrected chi connectivity index (χ2v) is 8.23. The van der Waals surface area contributed by atoms with Crippen LogP contribution in [0.5, 0.6) is 5.75 Å². The fourth-order valence-corrected chi connectivity index (χ4v) is 4.54. The third kappa shape index (κ3) is 3.39. The summed E-state index contributed by atoms with van der Waals surface area (Å²) >= 11 is 0. The maximum Gasteiger partial charge on any atom is 0.185 e. The Hall–Kier alpha value is -3.07. The van der Waals surface area contributed by atoms with E-state index < -0.39 is 6.17 Å². The molecule has 9 heteroatoms. The maximum atomic E-state index is 14.0. The van der Waals surface area contributed by atoms with E-state index in [0.717, 1.165) is 24.0 Å². The number of rotatable bonds is 4. The van der Waals surface area contributed by atoms with Crippen LogP contribution >= 0.6 is 0 Å². The number of aryl methyl sites for hydroxylation is 1. The van der Waals surface area contributed by atoms with Gasteiger partial charge in [-0.3, -0.25) is 4.68 Å². The van der Waals surface area contributed by atoms with Crippen LogP contribution in [0.1, 0.15) is 19.3 Å². The number of fused-ring (bicyclic) bond motifs is 2. The Kier molecular flexibility index (Phi) is 4.62. The molecule has 0 unspecified atom stereocenters. The van der Waals surface area contributed by atoms with Gasteiger partial charge in [-0.15, -0.1) is 10.2 Å². The van der Waals surface area contributed by atoms with Gasteiger partial charge < -0.3 is 15.3 Å². The van der Waals surface area contributed by atoms with Gasteiger partial charge in [0, 0.05) is 44.0 Å². The first-order valence-corrected chi connectivity index (χ1v) is 10.1. The number of hydrogen-bond acceptors (Lipinski definition) is 7. The van der Waals surface area contributed by atoms with Crippen LogP contribution in [0, 0.1) is 0 Å². The number of anilines is 1. The van der Waals surface area contributed by atoms with E-state index >= 15 is 0 Å². The van der Waals surface area contributed by atoms with Crippen molar-refractivity contribution in [3.05, 3.63) is 36.8 Å². The highest BCUT2D eigenvalue weighted by Gasteiger charge is 2.42. The zero-order chi connectivity index (χ0) is 20.8. The molecule has 2 N–H and O–H groups in total. The predicted octanol–water partition coefficient (Wildman–Crippen LogP) is 2.31. The highest BCUT2D eigenvalue weighted by molar-refractivity contribution is 5.72. The number of aromatic hydroxyl groups is 1. The number of phenols is 1. The molecule has 2 aliphatic heterocycles. The van der Waals surface area contributed by atoms with Gasteiger partial charge in [0.15, 0.2) is 11.6 Å². The number of benzene rings is 1. The average Bonchev–Trinajstić information content (AvgIpc) is 3.29. The fraction of sp³-hybridized carbons (Fsp3) is 0.429. The number of piperidine rings is 1. The number of nitrogens with zero attached hydrogens (tertiary/aromatic N) is 6. The molecular weight excluding hydrogens is 385 g/mol. The molecule has 3 aromatic rings. The molecule has 0 amide bonds. The first-order valence-electron chi connectivity index (χ1n) is 10.1. The summed E-state index contributed by atoms with van der Waals surface area (Å²) in [5, 5.41) is 26.5. The number of alkyl halides is 1.